The molecule has 3 aliphatic rings. The van der Waals surface area contributed by atoms with Crippen molar-refractivity contribution in [3.63, 3.8) is 0 Å². The molecule has 1 aromatic heterocycles. The molecule has 2 bridgehead atoms. The van der Waals surface area contributed by atoms with Crippen LogP contribution in [0.1, 0.15) is 147 Å². The van der Waals surface area contributed by atoms with Gasteiger partial charge in [0.05, 0.1) is 38.3 Å². The van der Waals surface area contributed by atoms with Crippen LogP contribution in [0.15, 0.2) is 0 Å². The maximum atomic E-state index is 12.6. The Labute approximate surface area is 299 Å². The maximum absolute atomic E-state index is 12.6. The Bertz CT molecular complexity index is 1240. The monoisotopic (exact) mass is 730 g/mol. The number of fused-ring (bicyclic) bond motifs is 2. The van der Waals surface area contributed by atoms with Crippen LogP contribution >= 0.6 is 11.3 Å². The highest BCUT2D eigenvalue weighted by Crippen LogP contribution is 2.41. The number of likely N-dealkylation sites (tertiary alicyclic amines) is 1. The van der Waals surface area contributed by atoms with E-state index in [0.717, 1.165) is 17.8 Å². The number of ether oxygens (including phenoxy) is 1. The van der Waals surface area contributed by atoms with E-state index in [-0.39, 0.29) is 24.6 Å². The van der Waals surface area contributed by atoms with Crippen LogP contribution < -0.4 is 0 Å². The van der Waals surface area contributed by atoms with Crippen molar-refractivity contribution < 1.29 is 36.1 Å². The molecule has 282 valence electrons. The number of urea groups is 1. The second-order valence-electron chi connectivity index (χ2n) is 14.9. The predicted octanol–water partition coefficient (Wildman–Crippen LogP) is 6.99. The molecule has 0 unspecified atom stereocenters. The van der Waals surface area contributed by atoms with Gasteiger partial charge in [-0.2, -0.15) is 9.35 Å². The van der Waals surface area contributed by atoms with Gasteiger partial charge in [0.15, 0.2) is 0 Å². The standard InChI is InChI=1S/C18H27N5O7S2.C16H36N/c1-18(2,3)29-17(25)21-8-6-11(7-9-21)14-19-20-15(31-14)13-5-4-12-10-22(13)16(24)23(12)30-32(26,27)28;1-5-9-13-17(14-10-6-2,15-11-7-3)16-12-8-4/h11-13H,4-10H2,1-3H3,(H,26,27,28);5-16H2,1-4H3/q;+1/p-1/t12-,13+;/m1./s1. The average molecular weight is 731 g/mol. The van der Waals surface area contributed by atoms with Crippen molar-refractivity contribution in [1.82, 2.24) is 25.1 Å². The molecule has 0 aromatic carbocycles. The van der Waals surface area contributed by atoms with E-state index in [4.69, 9.17) is 4.74 Å². The molecule has 4 rings (SSSR count). The van der Waals surface area contributed by atoms with E-state index in [9.17, 15) is 22.6 Å². The molecule has 4 heterocycles. The van der Waals surface area contributed by atoms with E-state index in [0.29, 0.717) is 36.0 Å². The Balaban J connectivity index is 0.000000326. The number of nitrogens with zero attached hydrogens (tertiary/aromatic N) is 6. The first-order valence-corrected chi connectivity index (χ1v) is 20.7. The number of carbonyl (C=O) groups excluding carboxylic acids is 2. The molecule has 3 saturated heterocycles. The molecule has 13 nitrogen and oxygen atoms in total. The van der Waals surface area contributed by atoms with E-state index in [1.807, 2.05) is 20.8 Å². The van der Waals surface area contributed by atoms with Gasteiger partial charge in [-0.15, -0.1) is 10.2 Å². The maximum Gasteiger partial charge on any atom is 0.410 e. The first-order chi connectivity index (χ1) is 23.2. The van der Waals surface area contributed by atoms with Crippen LogP contribution in [0.5, 0.6) is 0 Å². The quantitative estimate of drug-likeness (QED) is 0.0998. The Morgan fingerprint density at radius 2 is 1.39 bits per heavy atom. The van der Waals surface area contributed by atoms with Crippen molar-refractivity contribution in [3.05, 3.63) is 10.0 Å². The molecule has 49 heavy (non-hydrogen) atoms. The van der Waals surface area contributed by atoms with Crippen LogP contribution in [-0.4, -0.2) is 112 Å². The molecule has 15 heteroatoms. The predicted molar refractivity (Wildman–Crippen MR) is 190 cm³/mol. The summed E-state index contributed by atoms with van der Waals surface area (Å²) in [6.45, 7) is 21.9. The summed E-state index contributed by atoms with van der Waals surface area (Å²) >= 11 is 1.43. The number of quaternary nitrogens is 1. The molecular weight excluding hydrogens is 669 g/mol. The van der Waals surface area contributed by atoms with Crippen molar-refractivity contribution in [2.45, 2.75) is 149 Å². The number of hydroxylamine groups is 2. The van der Waals surface area contributed by atoms with Crippen LogP contribution in [0.3, 0.4) is 0 Å². The summed E-state index contributed by atoms with van der Waals surface area (Å²) < 4.78 is 44.0. The van der Waals surface area contributed by atoms with Crippen molar-refractivity contribution in [2.75, 3.05) is 45.8 Å². The fourth-order valence-corrected chi connectivity index (χ4v) is 8.45. The van der Waals surface area contributed by atoms with Crippen LogP contribution in [0.25, 0.3) is 0 Å². The summed E-state index contributed by atoms with van der Waals surface area (Å²) in [5.74, 6) is 0.163. The van der Waals surface area contributed by atoms with Gasteiger partial charge in [-0.3, -0.25) is 0 Å². The average Bonchev–Trinajstić information content (AvgIpc) is 3.63. The minimum absolute atomic E-state index is 0.163. The van der Waals surface area contributed by atoms with Gasteiger partial charge >= 0.3 is 12.1 Å². The summed E-state index contributed by atoms with van der Waals surface area (Å²) in [6, 6.07) is -1.47. The lowest BCUT2D eigenvalue weighted by Crippen LogP contribution is -2.50. The van der Waals surface area contributed by atoms with Gasteiger partial charge in [0.1, 0.15) is 15.6 Å². The normalized spacial score (nSPS) is 20.4. The third-order valence-electron chi connectivity index (χ3n) is 9.68. The summed E-state index contributed by atoms with van der Waals surface area (Å²) in [6.07, 6.45) is 13.3. The third-order valence-corrected chi connectivity index (χ3v) is 11.2. The smallest absolute Gasteiger partial charge is 0.410 e. The number of piperidine rings is 2. The van der Waals surface area contributed by atoms with E-state index in [1.54, 1.807) is 4.90 Å². The SMILES string of the molecule is CC(C)(C)OC(=O)N1CCC(c2nnc([C@@H]3CC[C@@H]4CN3C(=O)N4OS(=O)(=O)[O-])s2)CC1.CCCC[N+](CCCC)(CCCC)CCCC. The molecule has 0 N–H and O–H groups in total. The molecule has 0 saturated carbocycles. The lowest BCUT2D eigenvalue weighted by Gasteiger charge is -2.39. The molecular formula is C34H62N6O7S2. The summed E-state index contributed by atoms with van der Waals surface area (Å²) in [5, 5.41) is 10.8. The van der Waals surface area contributed by atoms with Gasteiger partial charge in [0.2, 0.25) is 10.4 Å². The van der Waals surface area contributed by atoms with Crippen LogP contribution in [0.2, 0.25) is 0 Å². The minimum atomic E-state index is -5.03. The third kappa shape index (κ3) is 12.6. The summed E-state index contributed by atoms with van der Waals surface area (Å²) in [5.41, 5.74) is -0.535. The Kier molecular flexibility index (Phi) is 16.0. The fourth-order valence-electron chi connectivity index (χ4n) is 6.91. The van der Waals surface area contributed by atoms with Crippen molar-refractivity contribution >= 4 is 33.9 Å². The second kappa shape index (κ2) is 19.0. The van der Waals surface area contributed by atoms with Gasteiger partial charge in [-0.05, 0) is 72.1 Å². The highest BCUT2D eigenvalue weighted by molar-refractivity contribution is 7.80. The highest BCUT2D eigenvalue weighted by Gasteiger charge is 2.48. The van der Waals surface area contributed by atoms with Crippen molar-refractivity contribution in [1.29, 1.82) is 0 Å². The first-order valence-electron chi connectivity index (χ1n) is 18.6. The number of amides is 3. The number of carbonyl (C=O) groups is 2. The van der Waals surface area contributed by atoms with Gasteiger partial charge in [0, 0.05) is 25.6 Å². The zero-order valence-corrected chi connectivity index (χ0v) is 32.7. The summed E-state index contributed by atoms with van der Waals surface area (Å²) in [4.78, 5) is 28.0. The summed E-state index contributed by atoms with van der Waals surface area (Å²) in [7, 11) is -5.03. The van der Waals surface area contributed by atoms with Crippen molar-refractivity contribution in [3.8, 4) is 0 Å². The van der Waals surface area contributed by atoms with E-state index >= 15 is 0 Å². The fraction of sp³-hybridized carbons (Fsp3) is 0.882. The van der Waals surface area contributed by atoms with Crippen LogP contribution in [-0.2, 0) is 19.4 Å². The number of aromatic nitrogens is 2. The highest BCUT2D eigenvalue weighted by atomic mass is 32.3. The number of unbranched alkanes of at least 4 members (excludes halogenated alkanes) is 4. The van der Waals surface area contributed by atoms with Crippen molar-refractivity contribution in [2.24, 2.45) is 0 Å². The largest absolute Gasteiger partial charge is 0.724 e. The second-order valence-corrected chi connectivity index (χ2v) is 16.9. The topological polar surface area (TPSA) is 145 Å². The van der Waals surface area contributed by atoms with Gasteiger partial charge in [0.25, 0.3) is 0 Å². The van der Waals surface area contributed by atoms with Crippen LogP contribution in [0.4, 0.5) is 9.59 Å². The minimum Gasteiger partial charge on any atom is -0.724 e. The number of hydrogen-bond acceptors (Lipinski definition) is 10. The lowest BCUT2D eigenvalue weighted by atomic mass is 9.98. The number of hydrogen-bond donors (Lipinski definition) is 0. The van der Waals surface area contributed by atoms with Crippen LogP contribution in [0, 0.1) is 0 Å². The Morgan fingerprint density at radius 1 is 0.878 bits per heavy atom. The van der Waals surface area contributed by atoms with E-state index in [2.05, 4.69) is 42.2 Å². The van der Waals surface area contributed by atoms with Gasteiger partial charge in [-0.25, -0.2) is 18.0 Å². The molecule has 3 aliphatic heterocycles. The van der Waals surface area contributed by atoms with E-state index < -0.39 is 28.1 Å². The molecule has 0 spiro atoms. The Hall–Kier alpha value is -2.07. The molecule has 2 atom stereocenters. The zero-order chi connectivity index (χ0) is 36.2. The van der Waals surface area contributed by atoms with Gasteiger partial charge in [-0.1, -0.05) is 64.7 Å². The molecule has 0 radical (unpaired) electrons. The zero-order valence-electron chi connectivity index (χ0n) is 31.0. The number of rotatable bonds is 16. The first kappa shape index (κ1) is 41.4. The molecule has 0 aliphatic carbocycles. The Morgan fingerprint density at radius 3 is 1.86 bits per heavy atom. The lowest BCUT2D eigenvalue weighted by molar-refractivity contribution is -0.929. The van der Waals surface area contributed by atoms with Gasteiger partial charge < -0.3 is 23.6 Å². The molecule has 3 fully saturated rings. The van der Waals surface area contributed by atoms with E-state index in [1.165, 1.54) is 98.3 Å². The molecule has 1 aromatic rings. The molecule has 3 amide bonds.